The van der Waals surface area contributed by atoms with Crippen LogP contribution >= 0.6 is 0 Å². The summed E-state index contributed by atoms with van der Waals surface area (Å²) in [5.41, 5.74) is 4.22. The third-order valence-corrected chi connectivity index (χ3v) is 5.46. The van der Waals surface area contributed by atoms with Crippen LogP contribution in [0.1, 0.15) is 68.1 Å². The van der Waals surface area contributed by atoms with E-state index in [1.54, 1.807) is 0 Å². The molecule has 1 saturated carbocycles. The minimum atomic E-state index is -0.0427. The molecule has 1 aromatic rings. The summed E-state index contributed by atoms with van der Waals surface area (Å²) in [6.07, 6.45) is 8.09. The average Bonchev–Trinajstić information content (AvgIpc) is 2.60. The van der Waals surface area contributed by atoms with E-state index in [0.29, 0.717) is 24.9 Å². The maximum atomic E-state index is 12.1. The van der Waals surface area contributed by atoms with Crippen LogP contribution in [0.4, 0.5) is 0 Å². The third kappa shape index (κ3) is 4.14. The minimum absolute atomic E-state index is 0.0427. The average molecular weight is 315 g/mol. The van der Waals surface area contributed by atoms with E-state index in [1.807, 2.05) is 6.92 Å². The van der Waals surface area contributed by atoms with Gasteiger partial charge in [-0.2, -0.15) is 0 Å². The molecule has 0 amide bonds. The maximum absolute atomic E-state index is 12.1. The monoisotopic (exact) mass is 315 g/mol. The van der Waals surface area contributed by atoms with Gasteiger partial charge >= 0.3 is 5.97 Å². The fourth-order valence-electron chi connectivity index (χ4n) is 4.22. The molecule has 0 saturated heterocycles. The van der Waals surface area contributed by atoms with Crippen molar-refractivity contribution in [2.45, 2.75) is 64.3 Å². The summed E-state index contributed by atoms with van der Waals surface area (Å²) in [6, 6.07) is 6.90. The van der Waals surface area contributed by atoms with E-state index in [1.165, 1.54) is 48.8 Å². The van der Waals surface area contributed by atoms with Crippen LogP contribution in [0.15, 0.2) is 18.2 Å². The first-order chi connectivity index (χ1) is 11.3. The van der Waals surface area contributed by atoms with Crippen molar-refractivity contribution in [3.63, 3.8) is 0 Å². The summed E-state index contributed by atoms with van der Waals surface area (Å²) in [5, 5.41) is 3.46. The number of rotatable bonds is 5. The van der Waals surface area contributed by atoms with Gasteiger partial charge in [0.15, 0.2) is 0 Å². The molecule has 1 aromatic carbocycles. The van der Waals surface area contributed by atoms with Crippen molar-refractivity contribution in [2.75, 3.05) is 13.2 Å². The molecular weight excluding hydrogens is 286 g/mol. The molecule has 3 nitrogen and oxygen atoms in total. The molecule has 1 fully saturated rings. The van der Waals surface area contributed by atoms with E-state index in [2.05, 4.69) is 23.5 Å². The quantitative estimate of drug-likeness (QED) is 0.836. The predicted molar refractivity (Wildman–Crippen MR) is 92.4 cm³/mol. The third-order valence-electron chi connectivity index (χ3n) is 5.46. The number of fused-ring (bicyclic) bond motifs is 1. The number of hydrogen-bond donors (Lipinski definition) is 1. The van der Waals surface area contributed by atoms with Gasteiger partial charge in [0.2, 0.25) is 0 Å². The Morgan fingerprint density at radius 3 is 2.87 bits per heavy atom. The van der Waals surface area contributed by atoms with E-state index in [-0.39, 0.29) is 5.97 Å². The Morgan fingerprint density at radius 1 is 1.26 bits per heavy atom. The van der Waals surface area contributed by atoms with Gasteiger partial charge in [0, 0.05) is 6.54 Å². The lowest BCUT2D eigenvalue weighted by Crippen LogP contribution is -2.25. The Kier molecular flexibility index (Phi) is 5.71. The number of benzene rings is 1. The molecule has 1 aliphatic heterocycles. The van der Waals surface area contributed by atoms with Gasteiger partial charge in [-0.05, 0) is 61.3 Å². The van der Waals surface area contributed by atoms with Crippen molar-refractivity contribution in [3.8, 4) is 0 Å². The van der Waals surface area contributed by atoms with Crippen LogP contribution in [-0.2, 0) is 22.5 Å². The summed E-state index contributed by atoms with van der Waals surface area (Å²) in [5.74, 6) is 0.906. The summed E-state index contributed by atoms with van der Waals surface area (Å²) in [7, 11) is 0. The maximum Gasteiger partial charge on any atom is 0.306 e. The van der Waals surface area contributed by atoms with Gasteiger partial charge in [0.25, 0.3) is 0 Å². The molecule has 2 aliphatic rings. The van der Waals surface area contributed by atoms with Crippen LogP contribution in [0.2, 0.25) is 0 Å². The summed E-state index contributed by atoms with van der Waals surface area (Å²) < 4.78 is 5.25. The zero-order valence-electron chi connectivity index (χ0n) is 14.3. The molecule has 3 heteroatoms. The normalized spacial score (nSPS) is 19.9. The van der Waals surface area contributed by atoms with Crippen molar-refractivity contribution in [2.24, 2.45) is 5.92 Å². The van der Waals surface area contributed by atoms with E-state index in [9.17, 15) is 4.79 Å². The summed E-state index contributed by atoms with van der Waals surface area (Å²) in [6.45, 7) is 4.39. The van der Waals surface area contributed by atoms with Crippen molar-refractivity contribution in [3.05, 3.63) is 34.9 Å². The van der Waals surface area contributed by atoms with Crippen LogP contribution in [0.3, 0.4) is 0 Å². The molecule has 0 bridgehead atoms. The van der Waals surface area contributed by atoms with Gasteiger partial charge in [-0.1, -0.05) is 37.5 Å². The molecule has 1 atom stereocenters. The standard InChI is InChI=1S/C20H29NO2/c1-2-23-20(22)13-19(16-6-4-3-5-7-16)17-9-8-15-10-11-21-14-18(15)12-17/h8-9,12,16,19,21H,2-7,10-11,13-14H2,1H3. The van der Waals surface area contributed by atoms with E-state index in [4.69, 9.17) is 4.74 Å². The Balaban J connectivity index is 1.82. The van der Waals surface area contributed by atoms with Gasteiger partial charge in [0.05, 0.1) is 13.0 Å². The highest BCUT2D eigenvalue weighted by Crippen LogP contribution is 2.39. The lowest BCUT2D eigenvalue weighted by molar-refractivity contribution is -0.144. The number of esters is 1. The second-order valence-electron chi connectivity index (χ2n) is 6.97. The smallest absolute Gasteiger partial charge is 0.306 e. The topological polar surface area (TPSA) is 38.3 Å². The van der Waals surface area contributed by atoms with Crippen LogP contribution in [-0.4, -0.2) is 19.1 Å². The van der Waals surface area contributed by atoms with Crippen LogP contribution in [0.25, 0.3) is 0 Å². The number of ether oxygens (including phenoxy) is 1. The largest absolute Gasteiger partial charge is 0.466 e. The van der Waals surface area contributed by atoms with Gasteiger partial charge in [-0.15, -0.1) is 0 Å². The second kappa shape index (κ2) is 7.96. The number of carbonyl (C=O) groups is 1. The zero-order chi connectivity index (χ0) is 16.1. The van der Waals surface area contributed by atoms with E-state index >= 15 is 0 Å². The summed E-state index contributed by atoms with van der Waals surface area (Å²) >= 11 is 0. The molecule has 3 rings (SSSR count). The molecule has 0 spiro atoms. The van der Waals surface area contributed by atoms with E-state index in [0.717, 1.165) is 19.5 Å². The fraction of sp³-hybridized carbons (Fsp3) is 0.650. The highest BCUT2D eigenvalue weighted by molar-refractivity contribution is 5.70. The van der Waals surface area contributed by atoms with Gasteiger partial charge < -0.3 is 10.1 Å². The lowest BCUT2D eigenvalue weighted by Gasteiger charge is -2.31. The molecule has 1 aliphatic carbocycles. The van der Waals surface area contributed by atoms with Crippen molar-refractivity contribution < 1.29 is 9.53 Å². The van der Waals surface area contributed by atoms with Crippen LogP contribution in [0, 0.1) is 5.92 Å². The van der Waals surface area contributed by atoms with Crippen molar-refractivity contribution in [1.29, 1.82) is 0 Å². The van der Waals surface area contributed by atoms with Gasteiger partial charge in [0.1, 0.15) is 0 Å². The Morgan fingerprint density at radius 2 is 2.09 bits per heavy atom. The first-order valence-electron chi connectivity index (χ1n) is 9.26. The Labute approximate surface area is 139 Å². The van der Waals surface area contributed by atoms with Crippen LogP contribution < -0.4 is 5.32 Å². The molecule has 0 radical (unpaired) electrons. The Hall–Kier alpha value is -1.35. The number of carbonyl (C=O) groups excluding carboxylic acids is 1. The molecule has 0 aromatic heterocycles. The molecule has 23 heavy (non-hydrogen) atoms. The molecule has 126 valence electrons. The highest BCUT2D eigenvalue weighted by atomic mass is 16.5. The highest BCUT2D eigenvalue weighted by Gasteiger charge is 2.28. The number of nitrogens with one attached hydrogen (secondary N) is 1. The molecule has 1 heterocycles. The lowest BCUT2D eigenvalue weighted by atomic mass is 9.74. The number of hydrogen-bond acceptors (Lipinski definition) is 3. The first-order valence-corrected chi connectivity index (χ1v) is 9.26. The predicted octanol–water partition coefficient (Wildman–Crippen LogP) is 3.95. The van der Waals surface area contributed by atoms with Gasteiger partial charge in [-0.3, -0.25) is 4.79 Å². The summed E-state index contributed by atoms with van der Waals surface area (Å²) in [4.78, 5) is 12.1. The molecule has 1 N–H and O–H groups in total. The van der Waals surface area contributed by atoms with Crippen LogP contribution in [0.5, 0.6) is 0 Å². The van der Waals surface area contributed by atoms with E-state index < -0.39 is 0 Å². The minimum Gasteiger partial charge on any atom is -0.466 e. The van der Waals surface area contributed by atoms with Crippen molar-refractivity contribution >= 4 is 5.97 Å². The van der Waals surface area contributed by atoms with Gasteiger partial charge in [-0.25, -0.2) is 0 Å². The van der Waals surface area contributed by atoms with Crippen molar-refractivity contribution in [1.82, 2.24) is 5.32 Å². The molecular formula is C20H29NO2. The zero-order valence-corrected chi connectivity index (χ0v) is 14.3. The second-order valence-corrected chi connectivity index (χ2v) is 6.97. The molecule has 1 unspecified atom stereocenters. The Bertz CT molecular complexity index is 534. The first kappa shape index (κ1) is 16.5. The fourth-order valence-corrected chi connectivity index (χ4v) is 4.22. The SMILES string of the molecule is CCOC(=O)CC(c1ccc2c(c1)CNCC2)C1CCCCC1.